The topological polar surface area (TPSA) is 124 Å². The lowest BCUT2D eigenvalue weighted by Crippen LogP contribution is -2.33. The number of carbonyl (C=O) groups excluding carboxylic acids is 3. The Hall–Kier alpha value is -8.76. The predicted octanol–water partition coefficient (Wildman–Crippen LogP) is 19.6. The number of imidazole rings is 3. The molecule has 3 aromatic heterocycles. The molecule has 5 heterocycles. The van der Waals surface area contributed by atoms with Gasteiger partial charge in [-0.25, -0.2) is 15.0 Å². The van der Waals surface area contributed by atoms with E-state index in [2.05, 4.69) is 217 Å². The fourth-order valence-electron chi connectivity index (χ4n) is 15.9. The standard InChI is InChI=1S/C34H40N4O.C32H44N4O.C29H40N4O/c1-25(2)16-19-37(24-33-35-31-12-5-6-13-32(31)38(33)22-26-14-15-26)34(39)29-11-7-8-27(20-29)21-36-18-17-28-9-3-4-10-30(28)23-36;1-25(2)17-20-35(24-31-33-29-13-6-7-14-30(29)36(31)23-26-15-16-26)32(37)28-12-10-11-27(21-28)22-34-18-8-4-3-5-9-19-34;1-5-16-31(4)19-24-9-8-10-25(18-24)29(34)32(17-15-22(2)3)21-28-30-26-11-6-7-12-27(26)33(28)20-23-13-14-23/h3-13,20,25-26H,14-19,21-24H2,1-2H3;6-7,10-14,21,25-26H,3-5,8-9,15-20,22-24H2,1-2H3;6-12,18,22-23H,5,13-17,19-21H2,1-4H3. The van der Waals surface area contributed by atoms with Crippen LogP contribution < -0.4 is 0 Å². The lowest BCUT2D eigenvalue weighted by Gasteiger charge is -2.29. The Morgan fingerprint density at radius 2 is 0.764 bits per heavy atom. The molecule has 110 heavy (non-hydrogen) atoms. The second-order valence-electron chi connectivity index (χ2n) is 34.1. The zero-order valence-electron chi connectivity index (χ0n) is 67.6. The van der Waals surface area contributed by atoms with Crippen LogP contribution in [0.4, 0.5) is 0 Å². The van der Waals surface area contributed by atoms with Crippen LogP contribution >= 0.6 is 0 Å². The highest BCUT2D eigenvalue weighted by Crippen LogP contribution is 2.36. The van der Waals surface area contributed by atoms with Gasteiger partial charge >= 0.3 is 0 Å². The zero-order chi connectivity index (χ0) is 76.5. The largest absolute Gasteiger partial charge is 0.331 e. The number of carbonyl (C=O) groups is 3. The number of benzene rings is 7. The molecule has 7 aromatic carbocycles. The Kier molecular flexibility index (Phi) is 27.7. The second-order valence-corrected chi connectivity index (χ2v) is 34.1. The van der Waals surface area contributed by atoms with E-state index in [-0.39, 0.29) is 17.7 Å². The van der Waals surface area contributed by atoms with Gasteiger partial charge in [-0.15, -0.1) is 0 Å². The van der Waals surface area contributed by atoms with Gasteiger partial charge in [0.2, 0.25) is 0 Å². The summed E-state index contributed by atoms with van der Waals surface area (Å²) in [4.78, 5) is 70.2. The van der Waals surface area contributed by atoms with Crippen molar-refractivity contribution in [2.45, 2.75) is 217 Å². The van der Waals surface area contributed by atoms with E-state index in [4.69, 9.17) is 15.0 Å². The van der Waals surface area contributed by atoms with Gasteiger partial charge in [-0.05, 0) is 246 Å². The fraction of sp³-hybridized carbons (Fsp3) is 0.495. The molecule has 15 heteroatoms. The van der Waals surface area contributed by atoms with Gasteiger partial charge in [0, 0.05) is 88.7 Å². The van der Waals surface area contributed by atoms with Gasteiger partial charge in [0.25, 0.3) is 17.7 Å². The average molecular weight is 1480 g/mol. The van der Waals surface area contributed by atoms with E-state index < -0.39 is 0 Å². The Balaban J connectivity index is 0.000000145. The van der Waals surface area contributed by atoms with E-state index >= 15 is 0 Å². The Morgan fingerprint density at radius 1 is 0.400 bits per heavy atom. The number of rotatable bonds is 32. The normalized spacial score (nSPS) is 15.6. The number of fused-ring (bicyclic) bond motifs is 4. The summed E-state index contributed by atoms with van der Waals surface area (Å²) in [5.41, 5.74) is 15.5. The van der Waals surface area contributed by atoms with Crippen molar-refractivity contribution in [2.24, 2.45) is 35.5 Å². The van der Waals surface area contributed by atoms with Gasteiger partial charge in [0.15, 0.2) is 0 Å². The summed E-state index contributed by atoms with van der Waals surface area (Å²) in [5.74, 6) is 7.18. The summed E-state index contributed by atoms with van der Waals surface area (Å²) in [5, 5.41) is 0. The molecule has 0 atom stereocenters. The summed E-state index contributed by atoms with van der Waals surface area (Å²) < 4.78 is 7.10. The molecular weight excluding hydrogens is 1360 g/mol. The maximum Gasteiger partial charge on any atom is 0.254 e. The van der Waals surface area contributed by atoms with Crippen LogP contribution in [0, 0.1) is 35.5 Å². The van der Waals surface area contributed by atoms with E-state index in [9.17, 15) is 14.4 Å². The van der Waals surface area contributed by atoms with Crippen molar-refractivity contribution in [1.82, 2.24) is 58.1 Å². The monoisotopic (exact) mass is 1480 g/mol. The molecule has 3 aliphatic carbocycles. The van der Waals surface area contributed by atoms with Gasteiger partial charge in [-0.2, -0.15) is 0 Å². The summed E-state index contributed by atoms with van der Waals surface area (Å²) >= 11 is 0. The Morgan fingerprint density at radius 3 is 1.16 bits per heavy atom. The average Bonchev–Trinajstić information content (AvgIpc) is 1.64. The lowest BCUT2D eigenvalue weighted by atomic mass is 9.99. The molecule has 582 valence electrons. The molecule has 15 nitrogen and oxygen atoms in total. The number of hydrogen-bond donors (Lipinski definition) is 0. The smallest absolute Gasteiger partial charge is 0.254 e. The van der Waals surface area contributed by atoms with Gasteiger partial charge in [0.05, 0.1) is 52.7 Å². The SMILES string of the molecule is CC(C)CCN(Cc1nc2ccccc2n1CC1CC1)C(=O)c1cccc(CN2CCCCCCC2)c1.CC(C)CCN(Cc1nc2ccccc2n1CC1CC1)C(=O)c1cccc(CN2CCc3ccccc3C2)c1.CCCN(C)Cc1cccc(C(=O)N(CCC(C)C)Cc2nc3ccccc3n2CC2CC2)c1. The minimum atomic E-state index is 0.102. The highest BCUT2D eigenvalue weighted by molar-refractivity contribution is 5.96. The molecule has 2 aliphatic heterocycles. The van der Waals surface area contributed by atoms with Crippen LogP contribution in [0.5, 0.6) is 0 Å². The van der Waals surface area contributed by atoms with E-state index in [0.717, 1.165) is 192 Å². The maximum absolute atomic E-state index is 14.0. The van der Waals surface area contributed by atoms with Gasteiger partial charge in [-0.3, -0.25) is 24.2 Å². The van der Waals surface area contributed by atoms with Gasteiger partial charge in [0.1, 0.15) is 17.5 Å². The van der Waals surface area contributed by atoms with E-state index in [0.29, 0.717) is 37.4 Å². The molecule has 1 saturated heterocycles. The quantitative estimate of drug-likeness (QED) is 0.0405. The van der Waals surface area contributed by atoms with Crippen LogP contribution in [-0.2, 0) is 71.9 Å². The molecule has 3 saturated carbocycles. The number of amides is 3. The van der Waals surface area contributed by atoms with Gasteiger partial charge < -0.3 is 33.3 Å². The fourth-order valence-corrected chi connectivity index (χ4v) is 15.9. The van der Waals surface area contributed by atoms with Crippen molar-refractivity contribution in [2.75, 3.05) is 52.9 Å². The molecule has 0 spiro atoms. The van der Waals surface area contributed by atoms with Crippen molar-refractivity contribution in [3.8, 4) is 0 Å². The molecule has 5 aliphatic rings. The van der Waals surface area contributed by atoms with Crippen molar-refractivity contribution in [3.05, 3.63) is 232 Å². The summed E-state index contributed by atoms with van der Waals surface area (Å²) in [6.07, 6.45) is 19.5. The first-order chi connectivity index (χ1) is 53.5. The molecule has 0 bridgehead atoms. The molecule has 0 radical (unpaired) electrons. The number of hydrogen-bond acceptors (Lipinski definition) is 9. The number of para-hydroxylation sites is 6. The van der Waals surface area contributed by atoms with Crippen LogP contribution in [0.15, 0.2) is 170 Å². The lowest BCUT2D eigenvalue weighted by molar-refractivity contribution is 0.0722. The van der Waals surface area contributed by atoms with E-state index in [1.807, 2.05) is 51.1 Å². The Labute approximate surface area is 656 Å². The molecule has 10 aromatic rings. The van der Waals surface area contributed by atoms with E-state index in [1.165, 1.54) is 115 Å². The first-order valence-corrected chi connectivity index (χ1v) is 42.2. The van der Waals surface area contributed by atoms with Crippen molar-refractivity contribution in [3.63, 3.8) is 0 Å². The second kappa shape index (κ2) is 38.4. The molecular formula is C95H124N12O3. The molecule has 3 amide bonds. The van der Waals surface area contributed by atoms with Crippen molar-refractivity contribution >= 4 is 50.8 Å². The van der Waals surface area contributed by atoms with Crippen LogP contribution in [0.3, 0.4) is 0 Å². The first kappa shape index (κ1) is 79.3. The van der Waals surface area contributed by atoms with Crippen LogP contribution in [0.2, 0.25) is 0 Å². The number of likely N-dealkylation sites (tertiary alicyclic amines) is 1. The van der Waals surface area contributed by atoms with Crippen molar-refractivity contribution < 1.29 is 14.4 Å². The predicted molar refractivity (Wildman–Crippen MR) is 449 cm³/mol. The summed E-state index contributed by atoms with van der Waals surface area (Å²) in [6.45, 7) is 30.5. The minimum absolute atomic E-state index is 0.102. The highest BCUT2D eigenvalue weighted by Gasteiger charge is 2.31. The highest BCUT2D eigenvalue weighted by atomic mass is 16.2. The first-order valence-electron chi connectivity index (χ1n) is 42.2. The summed E-state index contributed by atoms with van der Waals surface area (Å²) in [7, 11) is 2.14. The molecule has 15 rings (SSSR count). The number of nitrogens with zero attached hydrogens (tertiary/aromatic N) is 12. The van der Waals surface area contributed by atoms with Crippen LogP contribution in [-0.4, -0.2) is 129 Å². The minimum Gasteiger partial charge on any atom is -0.331 e. The third kappa shape index (κ3) is 22.3. The maximum atomic E-state index is 14.0. The van der Waals surface area contributed by atoms with Crippen LogP contribution in [0.1, 0.15) is 221 Å². The molecule has 0 unspecified atom stereocenters. The Bertz CT molecular complexity index is 4640. The summed E-state index contributed by atoms with van der Waals surface area (Å²) in [6, 6.07) is 58.8. The number of aromatic nitrogens is 6. The van der Waals surface area contributed by atoms with Crippen molar-refractivity contribution in [1.29, 1.82) is 0 Å². The molecule has 4 fully saturated rings. The molecule has 0 N–H and O–H groups in total. The third-order valence-electron chi connectivity index (χ3n) is 23.0. The third-order valence-corrected chi connectivity index (χ3v) is 23.0. The van der Waals surface area contributed by atoms with Crippen LogP contribution in [0.25, 0.3) is 33.1 Å². The van der Waals surface area contributed by atoms with E-state index in [1.54, 1.807) is 0 Å². The van der Waals surface area contributed by atoms with Gasteiger partial charge in [-0.1, -0.05) is 165 Å². The zero-order valence-corrected chi connectivity index (χ0v) is 67.6.